The summed E-state index contributed by atoms with van der Waals surface area (Å²) in [6, 6.07) is 8.88. The van der Waals surface area contributed by atoms with Gasteiger partial charge in [-0.1, -0.05) is 36.4 Å². The number of nitro groups is 1. The molecule has 0 spiro atoms. The molecule has 12 heteroatoms. The van der Waals surface area contributed by atoms with Gasteiger partial charge >= 0.3 is 11.8 Å². The van der Waals surface area contributed by atoms with Gasteiger partial charge in [0.1, 0.15) is 18.7 Å². The van der Waals surface area contributed by atoms with Gasteiger partial charge in [0.15, 0.2) is 0 Å². The van der Waals surface area contributed by atoms with Crippen molar-refractivity contribution in [3.05, 3.63) is 75.6 Å². The summed E-state index contributed by atoms with van der Waals surface area (Å²) in [5.74, 6) is -2.98. The minimum atomic E-state index is -1.49. The first-order chi connectivity index (χ1) is 15.6. The highest BCUT2D eigenvalue weighted by atomic mass is 19.1. The van der Waals surface area contributed by atoms with Gasteiger partial charge < -0.3 is 26.2 Å². The normalized spacial score (nSPS) is 13.3. The Kier molecular flexibility index (Phi) is 8.80. The number of aliphatic hydroxyl groups excluding tert-OH is 1. The first-order valence-corrected chi connectivity index (χ1v) is 9.76. The molecule has 3 atom stereocenters. The fourth-order valence-corrected chi connectivity index (χ4v) is 2.84. The average molecular weight is 462 g/mol. The lowest BCUT2D eigenvalue weighted by Gasteiger charge is -2.23. The zero-order chi connectivity index (χ0) is 24.5. The quantitative estimate of drug-likeness (QED) is 0.300. The second-order valence-electron chi connectivity index (χ2n) is 7.13. The summed E-state index contributed by atoms with van der Waals surface area (Å²) in [6.45, 7) is 1.17. The Balaban J connectivity index is 2.05. The maximum atomic E-state index is 13.5. The van der Waals surface area contributed by atoms with Gasteiger partial charge in [0.2, 0.25) is 17.6 Å². The number of nitro benzene ring substituents is 1. The molecule has 2 aromatic carbocycles. The highest BCUT2D eigenvalue weighted by molar-refractivity contribution is 5.91. The van der Waals surface area contributed by atoms with Crippen molar-refractivity contribution in [2.45, 2.75) is 38.1 Å². The number of aliphatic hydroxyl groups is 1. The predicted octanol–water partition coefficient (Wildman–Crippen LogP) is 0.922. The number of rotatable bonds is 10. The Hall–Kier alpha value is -4.06. The summed E-state index contributed by atoms with van der Waals surface area (Å²) >= 11 is 0. The summed E-state index contributed by atoms with van der Waals surface area (Å²) in [5, 5.41) is 25.3. The third-order valence-corrected chi connectivity index (χ3v) is 4.56. The number of nitrogens with two attached hydrogens (primary N) is 1. The first-order valence-electron chi connectivity index (χ1n) is 9.76. The SMILES string of the molecule is C[C@@H](O)[C@H](NC(=O)OCc1ccccc1)C(=O)N[C@H](Cc1ccc(F)c([N+](=O)[O-])c1)C(N)=O. The molecule has 2 aromatic rings. The first kappa shape index (κ1) is 25.2. The van der Waals surface area contributed by atoms with Crippen LogP contribution in [0.2, 0.25) is 0 Å². The molecule has 0 saturated carbocycles. The number of hydrogen-bond acceptors (Lipinski definition) is 7. The van der Waals surface area contributed by atoms with E-state index in [0.29, 0.717) is 5.56 Å². The topological polar surface area (TPSA) is 174 Å². The van der Waals surface area contributed by atoms with Crippen LogP contribution in [0.1, 0.15) is 18.1 Å². The number of alkyl carbamates (subject to hydrolysis) is 1. The number of carbonyl (C=O) groups excluding carboxylic acids is 3. The third kappa shape index (κ3) is 7.54. The standard InChI is InChI=1S/C21H23FN4O7/c1-12(27)18(25-21(30)33-11-13-5-3-2-4-6-13)20(29)24-16(19(23)28)9-14-7-8-15(22)17(10-14)26(31)32/h2-8,10,12,16,18,27H,9,11H2,1H3,(H2,23,28)(H,24,29)(H,25,30)/t12-,16-,18+/m1/s1. The number of benzene rings is 2. The van der Waals surface area contributed by atoms with Crippen LogP contribution in [0.4, 0.5) is 14.9 Å². The number of hydrogen-bond donors (Lipinski definition) is 4. The molecule has 0 radical (unpaired) electrons. The Labute approximate surface area is 187 Å². The molecule has 11 nitrogen and oxygen atoms in total. The maximum Gasteiger partial charge on any atom is 0.408 e. The van der Waals surface area contributed by atoms with E-state index < -0.39 is 52.5 Å². The van der Waals surface area contributed by atoms with E-state index in [2.05, 4.69) is 10.6 Å². The number of nitrogens with zero attached hydrogens (tertiary/aromatic N) is 1. The molecule has 2 rings (SSSR count). The van der Waals surface area contributed by atoms with E-state index in [4.69, 9.17) is 10.5 Å². The average Bonchev–Trinajstić information content (AvgIpc) is 2.76. The largest absolute Gasteiger partial charge is 0.445 e. The van der Waals surface area contributed by atoms with Crippen molar-refractivity contribution in [1.29, 1.82) is 0 Å². The minimum absolute atomic E-state index is 0.0753. The number of primary amides is 1. The van der Waals surface area contributed by atoms with Gasteiger partial charge in [-0.2, -0.15) is 4.39 Å². The molecular weight excluding hydrogens is 439 g/mol. The molecule has 0 heterocycles. The molecule has 0 aliphatic heterocycles. The van der Waals surface area contributed by atoms with Gasteiger partial charge in [0.05, 0.1) is 11.0 Å². The van der Waals surface area contributed by atoms with Crippen molar-refractivity contribution in [1.82, 2.24) is 10.6 Å². The van der Waals surface area contributed by atoms with E-state index >= 15 is 0 Å². The molecule has 0 fully saturated rings. The van der Waals surface area contributed by atoms with Gasteiger partial charge in [-0.05, 0) is 24.1 Å². The Morgan fingerprint density at radius 1 is 1.15 bits per heavy atom. The summed E-state index contributed by atoms with van der Waals surface area (Å²) in [5.41, 5.74) is 5.38. The zero-order valence-corrected chi connectivity index (χ0v) is 17.6. The summed E-state index contributed by atoms with van der Waals surface area (Å²) < 4.78 is 18.6. The van der Waals surface area contributed by atoms with Gasteiger partial charge in [0.25, 0.3) is 0 Å². The van der Waals surface area contributed by atoms with Crippen LogP contribution >= 0.6 is 0 Å². The molecule has 0 aromatic heterocycles. The molecule has 0 bridgehead atoms. The van der Waals surface area contributed by atoms with Crippen LogP contribution < -0.4 is 16.4 Å². The minimum Gasteiger partial charge on any atom is -0.445 e. The lowest BCUT2D eigenvalue weighted by molar-refractivity contribution is -0.387. The Morgan fingerprint density at radius 2 is 1.82 bits per heavy atom. The van der Waals surface area contributed by atoms with Crippen LogP contribution in [0.15, 0.2) is 48.5 Å². The van der Waals surface area contributed by atoms with Gasteiger partial charge in [0, 0.05) is 12.5 Å². The predicted molar refractivity (Wildman–Crippen MR) is 113 cm³/mol. The third-order valence-electron chi connectivity index (χ3n) is 4.56. The molecule has 0 aliphatic carbocycles. The molecule has 5 N–H and O–H groups in total. The van der Waals surface area contributed by atoms with Gasteiger partial charge in [-0.3, -0.25) is 19.7 Å². The van der Waals surface area contributed by atoms with Crippen LogP contribution in [-0.4, -0.2) is 46.1 Å². The molecule has 0 aliphatic rings. The molecule has 0 saturated heterocycles. The van der Waals surface area contributed by atoms with Gasteiger partial charge in [-0.25, -0.2) is 4.79 Å². The maximum absolute atomic E-state index is 13.5. The van der Waals surface area contributed by atoms with Crippen molar-refractivity contribution >= 4 is 23.6 Å². The van der Waals surface area contributed by atoms with E-state index in [1.54, 1.807) is 30.3 Å². The second kappa shape index (κ2) is 11.5. The fraction of sp³-hybridized carbons (Fsp3) is 0.286. The summed E-state index contributed by atoms with van der Waals surface area (Å²) in [6.07, 6.45) is -2.63. The van der Waals surface area contributed by atoms with Crippen molar-refractivity contribution < 1.29 is 33.5 Å². The van der Waals surface area contributed by atoms with Crippen molar-refractivity contribution in [2.24, 2.45) is 5.73 Å². The van der Waals surface area contributed by atoms with Gasteiger partial charge in [-0.15, -0.1) is 0 Å². The molecule has 0 unspecified atom stereocenters. The number of amides is 3. The Bertz CT molecular complexity index is 1020. The van der Waals surface area contributed by atoms with Crippen LogP contribution in [0.25, 0.3) is 0 Å². The monoisotopic (exact) mass is 462 g/mol. The van der Waals surface area contributed by atoms with E-state index in [1.807, 2.05) is 0 Å². The van der Waals surface area contributed by atoms with Crippen LogP contribution in [-0.2, 0) is 27.4 Å². The van der Waals surface area contributed by atoms with Crippen molar-refractivity contribution in [2.75, 3.05) is 0 Å². The lowest BCUT2D eigenvalue weighted by Crippen LogP contribution is -2.57. The Morgan fingerprint density at radius 3 is 2.39 bits per heavy atom. The second-order valence-corrected chi connectivity index (χ2v) is 7.13. The van der Waals surface area contributed by atoms with Crippen molar-refractivity contribution in [3.63, 3.8) is 0 Å². The highest BCUT2D eigenvalue weighted by Gasteiger charge is 2.30. The lowest BCUT2D eigenvalue weighted by atomic mass is 10.0. The summed E-state index contributed by atoms with van der Waals surface area (Å²) in [7, 11) is 0. The van der Waals surface area contributed by atoms with Crippen LogP contribution in [0.5, 0.6) is 0 Å². The molecular formula is C21H23FN4O7. The van der Waals surface area contributed by atoms with E-state index in [9.17, 15) is 34.0 Å². The van der Waals surface area contributed by atoms with Crippen LogP contribution in [0, 0.1) is 15.9 Å². The number of nitrogens with one attached hydrogen (secondary N) is 2. The highest BCUT2D eigenvalue weighted by Crippen LogP contribution is 2.19. The van der Waals surface area contributed by atoms with Crippen LogP contribution in [0.3, 0.4) is 0 Å². The molecule has 3 amide bonds. The number of ether oxygens (including phenoxy) is 1. The fourth-order valence-electron chi connectivity index (χ4n) is 2.84. The van der Waals surface area contributed by atoms with E-state index in [-0.39, 0.29) is 18.6 Å². The van der Waals surface area contributed by atoms with Crippen molar-refractivity contribution in [3.8, 4) is 0 Å². The molecule has 33 heavy (non-hydrogen) atoms. The number of halogens is 1. The van der Waals surface area contributed by atoms with E-state index in [0.717, 1.165) is 12.1 Å². The smallest absolute Gasteiger partial charge is 0.408 e. The number of carbonyl (C=O) groups is 3. The summed E-state index contributed by atoms with van der Waals surface area (Å²) in [4.78, 5) is 46.5. The zero-order valence-electron chi connectivity index (χ0n) is 17.6. The van der Waals surface area contributed by atoms with E-state index in [1.165, 1.54) is 13.0 Å². The molecule has 176 valence electrons.